The second kappa shape index (κ2) is 6.69. The number of benzene rings is 1. The molecule has 2 N–H and O–H groups in total. The lowest BCUT2D eigenvalue weighted by Crippen LogP contribution is -2.36. The Morgan fingerprint density at radius 3 is 2.56 bits per heavy atom. The van der Waals surface area contributed by atoms with Crippen LogP contribution in [-0.4, -0.2) is 24.7 Å². The van der Waals surface area contributed by atoms with Crippen molar-refractivity contribution in [2.75, 3.05) is 18.1 Å². The van der Waals surface area contributed by atoms with E-state index in [0.29, 0.717) is 12.6 Å². The number of amides is 1. The van der Waals surface area contributed by atoms with E-state index in [2.05, 4.69) is 29.0 Å². The summed E-state index contributed by atoms with van der Waals surface area (Å²) in [5.41, 5.74) is 0.995. The molecule has 1 saturated carbocycles. The third-order valence-electron chi connectivity index (χ3n) is 3.26. The van der Waals surface area contributed by atoms with Crippen LogP contribution in [0.3, 0.4) is 0 Å². The van der Waals surface area contributed by atoms with Crippen molar-refractivity contribution in [3.8, 4) is 0 Å². The molecule has 0 heterocycles. The molecule has 1 amide bonds. The van der Waals surface area contributed by atoms with Crippen LogP contribution >= 0.6 is 11.8 Å². The monoisotopic (exact) mass is 264 g/mol. The fraction of sp³-hybridized carbons (Fsp3) is 0.500. The van der Waals surface area contributed by atoms with Gasteiger partial charge < -0.3 is 10.6 Å². The van der Waals surface area contributed by atoms with Crippen LogP contribution in [-0.2, 0) is 4.79 Å². The van der Waals surface area contributed by atoms with E-state index in [-0.39, 0.29) is 5.91 Å². The number of anilines is 1. The second-order valence-electron chi connectivity index (χ2n) is 4.63. The summed E-state index contributed by atoms with van der Waals surface area (Å²) in [6, 6.07) is 8.53. The summed E-state index contributed by atoms with van der Waals surface area (Å²) in [6.45, 7) is 0.356. The van der Waals surface area contributed by atoms with Gasteiger partial charge in [-0.05, 0) is 43.4 Å². The summed E-state index contributed by atoms with van der Waals surface area (Å²) in [4.78, 5) is 13.0. The highest BCUT2D eigenvalue weighted by atomic mass is 32.2. The van der Waals surface area contributed by atoms with Crippen molar-refractivity contribution in [1.82, 2.24) is 5.32 Å². The summed E-state index contributed by atoms with van der Waals surface area (Å²) in [5, 5.41) is 6.21. The zero-order valence-electron chi connectivity index (χ0n) is 10.7. The molecule has 98 valence electrons. The molecule has 3 nitrogen and oxygen atoms in total. The Kier molecular flexibility index (Phi) is 4.93. The maximum Gasteiger partial charge on any atom is 0.239 e. The first-order chi connectivity index (χ1) is 8.78. The van der Waals surface area contributed by atoms with Crippen molar-refractivity contribution in [2.24, 2.45) is 0 Å². The van der Waals surface area contributed by atoms with E-state index in [1.807, 2.05) is 12.1 Å². The minimum Gasteiger partial charge on any atom is -0.376 e. The lowest BCUT2D eigenvalue weighted by Gasteiger charge is -2.12. The van der Waals surface area contributed by atoms with Crippen molar-refractivity contribution in [3.63, 3.8) is 0 Å². The molecule has 1 aliphatic rings. The van der Waals surface area contributed by atoms with E-state index < -0.39 is 0 Å². The van der Waals surface area contributed by atoms with E-state index in [1.54, 1.807) is 11.8 Å². The van der Waals surface area contributed by atoms with E-state index in [0.717, 1.165) is 18.5 Å². The predicted molar refractivity (Wildman–Crippen MR) is 77.1 cm³/mol. The molecule has 1 fully saturated rings. The first kappa shape index (κ1) is 13.3. The van der Waals surface area contributed by atoms with Crippen molar-refractivity contribution >= 4 is 23.4 Å². The van der Waals surface area contributed by atoms with Gasteiger partial charge in [0.15, 0.2) is 0 Å². The second-order valence-corrected chi connectivity index (χ2v) is 5.51. The molecule has 0 spiro atoms. The number of nitrogens with one attached hydrogen (secondary N) is 2. The fourth-order valence-corrected chi connectivity index (χ4v) is 2.65. The van der Waals surface area contributed by atoms with Crippen LogP contribution in [0.25, 0.3) is 0 Å². The number of rotatable bonds is 5. The Morgan fingerprint density at radius 2 is 1.94 bits per heavy atom. The van der Waals surface area contributed by atoms with Crippen molar-refractivity contribution in [3.05, 3.63) is 24.3 Å². The summed E-state index contributed by atoms with van der Waals surface area (Å²) in [6.07, 6.45) is 6.81. The lowest BCUT2D eigenvalue weighted by molar-refractivity contribution is -0.120. The van der Waals surface area contributed by atoms with E-state index in [1.165, 1.54) is 17.7 Å². The van der Waals surface area contributed by atoms with Gasteiger partial charge in [-0.2, -0.15) is 0 Å². The minimum atomic E-state index is 0.0934. The van der Waals surface area contributed by atoms with Crippen molar-refractivity contribution < 1.29 is 4.79 Å². The smallest absolute Gasteiger partial charge is 0.239 e. The van der Waals surface area contributed by atoms with Crippen LogP contribution in [0, 0.1) is 0 Å². The minimum absolute atomic E-state index is 0.0934. The Bertz CT molecular complexity index is 385. The maximum absolute atomic E-state index is 11.7. The molecule has 1 aliphatic carbocycles. The summed E-state index contributed by atoms with van der Waals surface area (Å²) in [7, 11) is 0. The summed E-state index contributed by atoms with van der Waals surface area (Å²) < 4.78 is 0. The number of carbonyl (C=O) groups excluding carboxylic acids is 1. The van der Waals surface area contributed by atoms with Gasteiger partial charge in [-0.25, -0.2) is 0 Å². The number of carbonyl (C=O) groups is 1. The van der Waals surface area contributed by atoms with Crippen LogP contribution in [0.2, 0.25) is 0 Å². The molecule has 0 aromatic heterocycles. The maximum atomic E-state index is 11.7. The topological polar surface area (TPSA) is 41.1 Å². The van der Waals surface area contributed by atoms with Crippen molar-refractivity contribution in [1.29, 1.82) is 0 Å². The molecule has 18 heavy (non-hydrogen) atoms. The first-order valence-electron chi connectivity index (χ1n) is 6.45. The van der Waals surface area contributed by atoms with Crippen LogP contribution in [0.4, 0.5) is 5.69 Å². The molecule has 0 radical (unpaired) electrons. The third kappa shape index (κ3) is 3.95. The van der Waals surface area contributed by atoms with Crippen LogP contribution in [0.5, 0.6) is 0 Å². The predicted octanol–water partition coefficient (Wildman–Crippen LogP) is 2.88. The molecule has 1 aromatic rings. The fourth-order valence-electron chi connectivity index (χ4n) is 2.24. The molecule has 2 rings (SSSR count). The van der Waals surface area contributed by atoms with Crippen molar-refractivity contribution in [2.45, 2.75) is 36.6 Å². The molecule has 0 atom stereocenters. The van der Waals surface area contributed by atoms with E-state index >= 15 is 0 Å². The molecular formula is C14H20N2OS. The Hall–Kier alpha value is -1.16. The zero-order chi connectivity index (χ0) is 12.8. The molecule has 0 aliphatic heterocycles. The zero-order valence-corrected chi connectivity index (χ0v) is 11.6. The van der Waals surface area contributed by atoms with Gasteiger partial charge in [-0.1, -0.05) is 12.8 Å². The van der Waals surface area contributed by atoms with Gasteiger partial charge in [-0.15, -0.1) is 11.8 Å². The lowest BCUT2D eigenvalue weighted by atomic mass is 10.2. The highest BCUT2D eigenvalue weighted by Gasteiger charge is 2.16. The average Bonchev–Trinajstić information content (AvgIpc) is 2.90. The van der Waals surface area contributed by atoms with Gasteiger partial charge in [0.2, 0.25) is 5.91 Å². The standard InChI is InChI=1S/C14H20N2OS/c1-18-13-8-6-11(7-9-13)15-10-14(17)16-12-4-2-3-5-12/h6-9,12,15H,2-5,10H2,1H3,(H,16,17). The molecule has 0 bridgehead atoms. The van der Waals surface area contributed by atoms with Crippen LogP contribution in [0.1, 0.15) is 25.7 Å². The van der Waals surface area contributed by atoms with Gasteiger partial charge in [0.05, 0.1) is 6.54 Å². The largest absolute Gasteiger partial charge is 0.376 e. The molecule has 0 saturated heterocycles. The van der Waals surface area contributed by atoms with Gasteiger partial charge in [0.25, 0.3) is 0 Å². The number of hydrogen-bond donors (Lipinski definition) is 2. The van der Waals surface area contributed by atoms with Gasteiger partial charge >= 0.3 is 0 Å². The Labute approximate surface area is 113 Å². The Morgan fingerprint density at radius 1 is 1.28 bits per heavy atom. The molecule has 4 heteroatoms. The number of hydrogen-bond acceptors (Lipinski definition) is 3. The van der Waals surface area contributed by atoms with Gasteiger partial charge in [-0.3, -0.25) is 4.79 Å². The third-order valence-corrected chi connectivity index (χ3v) is 4.01. The summed E-state index contributed by atoms with van der Waals surface area (Å²) >= 11 is 1.72. The SMILES string of the molecule is CSc1ccc(NCC(=O)NC2CCCC2)cc1. The average molecular weight is 264 g/mol. The Balaban J connectivity index is 1.74. The van der Waals surface area contributed by atoms with E-state index in [4.69, 9.17) is 0 Å². The van der Waals surface area contributed by atoms with E-state index in [9.17, 15) is 4.79 Å². The summed E-state index contributed by atoms with van der Waals surface area (Å²) in [5.74, 6) is 0.0934. The highest BCUT2D eigenvalue weighted by molar-refractivity contribution is 7.98. The molecular weight excluding hydrogens is 244 g/mol. The molecule has 1 aromatic carbocycles. The van der Waals surface area contributed by atoms with Crippen LogP contribution < -0.4 is 10.6 Å². The number of thioether (sulfide) groups is 1. The first-order valence-corrected chi connectivity index (χ1v) is 7.67. The molecule has 0 unspecified atom stereocenters. The quantitative estimate of drug-likeness (QED) is 0.804. The van der Waals surface area contributed by atoms with Gasteiger partial charge in [0, 0.05) is 16.6 Å². The van der Waals surface area contributed by atoms with Crippen LogP contribution in [0.15, 0.2) is 29.2 Å². The normalized spacial score (nSPS) is 15.6. The van der Waals surface area contributed by atoms with Gasteiger partial charge in [0.1, 0.15) is 0 Å². The highest BCUT2D eigenvalue weighted by Crippen LogP contribution is 2.18.